The van der Waals surface area contributed by atoms with E-state index < -0.39 is 23.9 Å². The third kappa shape index (κ3) is 8.16. The first-order chi connectivity index (χ1) is 9.65. The average Bonchev–Trinajstić information content (AvgIpc) is 2.32. The molecule has 5 N–H and O–H groups in total. The van der Waals surface area contributed by atoms with Gasteiger partial charge in [-0.2, -0.15) is 0 Å². The molecule has 0 saturated heterocycles. The van der Waals surface area contributed by atoms with Gasteiger partial charge in [0.1, 0.15) is 6.04 Å². The standard InChI is InChI=1S/C14H27N3O4/c1-8(2)10(9(3)4)7-16-14(21)17-11(13(19)20)5-6-12(15)18/h8-11H,5-7H2,1-4H3,(H2,15,18)(H,19,20)(H2,16,17,21)/t11-/m1/s1. The number of carboxylic acids is 1. The third-order valence-corrected chi connectivity index (χ3v) is 3.49. The highest BCUT2D eigenvalue weighted by molar-refractivity contribution is 5.83. The Morgan fingerprint density at radius 3 is 2.00 bits per heavy atom. The molecule has 3 amide bonds. The number of carbonyl (C=O) groups excluding carboxylic acids is 2. The van der Waals surface area contributed by atoms with Gasteiger partial charge in [-0.15, -0.1) is 0 Å². The van der Waals surface area contributed by atoms with Gasteiger partial charge in [0.05, 0.1) is 0 Å². The summed E-state index contributed by atoms with van der Waals surface area (Å²) in [7, 11) is 0. The number of hydrogen-bond acceptors (Lipinski definition) is 3. The second-order valence-corrected chi connectivity index (χ2v) is 5.90. The average molecular weight is 301 g/mol. The maximum absolute atomic E-state index is 11.8. The number of urea groups is 1. The first kappa shape index (κ1) is 19.2. The Bertz CT molecular complexity index is 361. The van der Waals surface area contributed by atoms with Crippen molar-refractivity contribution in [3.05, 3.63) is 0 Å². The summed E-state index contributed by atoms with van der Waals surface area (Å²) in [6.45, 7) is 8.80. The van der Waals surface area contributed by atoms with E-state index in [1.54, 1.807) is 0 Å². The van der Waals surface area contributed by atoms with Crippen LogP contribution in [0.15, 0.2) is 0 Å². The van der Waals surface area contributed by atoms with E-state index in [2.05, 4.69) is 38.3 Å². The first-order valence-corrected chi connectivity index (χ1v) is 7.20. The summed E-state index contributed by atoms with van der Waals surface area (Å²) in [5, 5.41) is 14.0. The summed E-state index contributed by atoms with van der Waals surface area (Å²) in [5.74, 6) is -0.644. The number of nitrogens with one attached hydrogen (secondary N) is 2. The monoisotopic (exact) mass is 301 g/mol. The van der Waals surface area contributed by atoms with E-state index in [0.717, 1.165) is 0 Å². The SMILES string of the molecule is CC(C)C(CNC(=O)N[C@H](CCC(N)=O)C(=O)O)C(C)C. The minimum atomic E-state index is -1.18. The minimum Gasteiger partial charge on any atom is -0.480 e. The van der Waals surface area contributed by atoms with Crippen LogP contribution in [0.25, 0.3) is 0 Å². The van der Waals surface area contributed by atoms with Gasteiger partial charge in [-0.05, 0) is 24.2 Å². The molecule has 0 aromatic rings. The molecule has 0 aromatic carbocycles. The van der Waals surface area contributed by atoms with Crippen molar-refractivity contribution < 1.29 is 19.5 Å². The van der Waals surface area contributed by atoms with Crippen molar-refractivity contribution in [2.75, 3.05) is 6.54 Å². The Hall–Kier alpha value is -1.79. The molecular weight excluding hydrogens is 274 g/mol. The molecule has 7 nitrogen and oxygen atoms in total. The molecule has 0 radical (unpaired) electrons. The molecule has 0 aliphatic carbocycles. The molecule has 0 spiro atoms. The third-order valence-electron chi connectivity index (χ3n) is 3.49. The predicted octanol–water partition coefficient (Wildman–Crippen LogP) is 0.933. The molecule has 0 unspecified atom stereocenters. The molecule has 0 bridgehead atoms. The quantitative estimate of drug-likeness (QED) is 0.506. The van der Waals surface area contributed by atoms with Crippen molar-refractivity contribution >= 4 is 17.9 Å². The zero-order valence-corrected chi connectivity index (χ0v) is 13.2. The van der Waals surface area contributed by atoms with Gasteiger partial charge in [-0.3, -0.25) is 4.79 Å². The minimum absolute atomic E-state index is 0.0180. The van der Waals surface area contributed by atoms with Crippen LogP contribution in [0.5, 0.6) is 0 Å². The van der Waals surface area contributed by atoms with E-state index >= 15 is 0 Å². The van der Waals surface area contributed by atoms with Crippen LogP contribution >= 0.6 is 0 Å². The van der Waals surface area contributed by atoms with Crippen LogP contribution in [0.4, 0.5) is 4.79 Å². The number of carboxylic acid groups (broad SMARTS) is 1. The van der Waals surface area contributed by atoms with Crippen molar-refractivity contribution in [1.29, 1.82) is 0 Å². The largest absolute Gasteiger partial charge is 0.480 e. The number of primary amides is 1. The van der Waals surface area contributed by atoms with Crippen molar-refractivity contribution in [3.8, 4) is 0 Å². The van der Waals surface area contributed by atoms with Crippen LogP contribution in [0, 0.1) is 17.8 Å². The summed E-state index contributed by atoms with van der Waals surface area (Å²) in [6.07, 6.45) is -0.103. The lowest BCUT2D eigenvalue weighted by Crippen LogP contribution is -2.48. The maximum Gasteiger partial charge on any atom is 0.326 e. The van der Waals surface area contributed by atoms with E-state index in [9.17, 15) is 14.4 Å². The van der Waals surface area contributed by atoms with Gasteiger partial charge in [0, 0.05) is 13.0 Å². The highest BCUT2D eigenvalue weighted by Crippen LogP contribution is 2.19. The van der Waals surface area contributed by atoms with Crippen LogP contribution in [0.3, 0.4) is 0 Å². The lowest BCUT2D eigenvalue weighted by Gasteiger charge is -2.25. The lowest BCUT2D eigenvalue weighted by molar-refractivity contribution is -0.139. The fraction of sp³-hybridized carbons (Fsp3) is 0.786. The number of aliphatic carboxylic acids is 1. The molecule has 1 atom stereocenters. The Balaban J connectivity index is 4.37. The normalized spacial score (nSPS) is 12.5. The second kappa shape index (κ2) is 9.20. The highest BCUT2D eigenvalue weighted by atomic mass is 16.4. The number of hydrogen-bond donors (Lipinski definition) is 4. The van der Waals surface area contributed by atoms with Gasteiger partial charge in [-0.1, -0.05) is 27.7 Å². The Labute approximate surface area is 125 Å². The summed E-state index contributed by atoms with van der Waals surface area (Å²) in [5.41, 5.74) is 4.98. The molecule has 7 heteroatoms. The zero-order chi connectivity index (χ0) is 16.6. The summed E-state index contributed by atoms with van der Waals surface area (Å²) in [4.78, 5) is 33.4. The predicted molar refractivity (Wildman–Crippen MR) is 79.6 cm³/mol. The van der Waals surface area contributed by atoms with Crippen LogP contribution in [0.2, 0.25) is 0 Å². The highest BCUT2D eigenvalue weighted by Gasteiger charge is 2.22. The summed E-state index contributed by atoms with van der Waals surface area (Å²) in [6, 6.07) is -1.66. The van der Waals surface area contributed by atoms with Crippen LogP contribution < -0.4 is 16.4 Å². The molecule has 0 aromatic heterocycles. The fourth-order valence-electron chi connectivity index (χ4n) is 2.21. The van der Waals surface area contributed by atoms with Gasteiger partial charge in [0.25, 0.3) is 0 Å². The van der Waals surface area contributed by atoms with Crippen molar-refractivity contribution in [2.24, 2.45) is 23.5 Å². The van der Waals surface area contributed by atoms with Crippen LogP contribution in [-0.2, 0) is 9.59 Å². The Morgan fingerprint density at radius 1 is 1.10 bits per heavy atom. The zero-order valence-electron chi connectivity index (χ0n) is 13.2. The molecule has 0 heterocycles. The van der Waals surface area contributed by atoms with E-state index in [1.165, 1.54) is 0 Å². The topological polar surface area (TPSA) is 122 Å². The Kier molecular flexibility index (Phi) is 8.42. The number of nitrogens with two attached hydrogens (primary N) is 1. The lowest BCUT2D eigenvalue weighted by atomic mass is 9.85. The second-order valence-electron chi connectivity index (χ2n) is 5.90. The maximum atomic E-state index is 11.8. The Morgan fingerprint density at radius 2 is 1.62 bits per heavy atom. The number of rotatable bonds is 9. The molecule has 0 fully saturated rings. The molecule has 0 aliphatic rings. The van der Waals surface area contributed by atoms with Gasteiger partial charge in [0.15, 0.2) is 0 Å². The number of amides is 3. The van der Waals surface area contributed by atoms with Gasteiger partial charge in [-0.25, -0.2) is 9.59 Å². The van der Waals surface area contributed by atoms with E-state index in [1.807, 2.05) is 0 Å². The molecule has 122 valence electrons. The number of carbonyl (C=O) groups is 3. The molecule has 0 saturated carbocycles. The van der Waals surface area contributed by atoms with E-state index in [-0.39, 0.29) is 12.8 Å². The molecular formula is C14H27N3O4. The fourth-order valence-corrected chi connectivity index (χ4v) is 2.21. The van der Waals surface area contributed by atoms with Gasteiger partial charge in [0.2, 0.25) is 5.91 Å². The van der Waals surface area contributed by atoms with Crippen LogP contribution in [0.1, 0.15) is 40.5 Å². The molecule has 0 aliphatic heterocycles. The van der Waals surface area contributed by atoms with Gasteiger partial charge < -0.3 is 21.5 Å². The van der Waals surface area contributed by atoms with E-state index in [4.69, 9.17) is 10.8 Å². The van der Waals surface area contributed by atoms with E-state index in [0.29, 0.717) is 24.3 Å². The van der Waals surface area contributed by atoms with Crippen molar-refractivity contribution in [1.82, 2.24) is 10.6 Å². The molecule has 0 rings (SSSR count). The van der Waals surface area contributed by atoms with Crippen molar-refractivity contribution in [2.45, 2.75) is 46.6 Å². The first-order valence-electron chi connectivity index (χ1n) is 7.20. The molecule has 21 heavy (non-hydrogen) atoms. The van der Waals surface area contributed by atoms with Crippen LogP contribution in [-0.4, -0.2) is 35.6 Å². The summed E-state index contributed by atoms with van der Waals surface area (Å²) >= 11 is 0. The smallest absolute Gasteiger partial charge is 0.326 e. The van der Waals surface area contributed by atoms with Crippen molar-refractivity contribution in [3.63, 3.8) is 0 Å². The van der Waals surface area contributed by atoms with Gasteiger partial charge >= 0.3 is 12.0 Å². The summed E-state index contributed by atoms with van der Waals surface area (Å²) < 4.78 is 0.